The quantitative estimate of drug-likeness (QED) is 0.684. The van der Waals surface area contributed by atoms with Gasteiger partial charge in [-0.15, -0.1) is 0 Å². The molecular weight excluding hydrogens is 394 g/mol. The van der Waals surface area contributed by atoms with Gasteiger partial charge in [-0.3, -0.25) is 19.7 Å². The Morgan fingerprint density at radius 1 is 1.33 bits per heavy atom. The molecule has 8 nitrogen and oxygen atoms in total. The van der Waals surface area contributed by atoms with E-state index in [1.807, 2.05) is 24.3 Å². The Kier molecular flexibility index (Phi) is 4.87. The van der Waals surface area contributed by atoms with Gasteiger partial charge in [-0.25, -0.2) is 8.78 Å². The number of fused-ring (bicyclic) bond motifs is 1. The smallest absolute Gasteiger partial charge is 0.268 e. The van der Waals surface area contributed by atoms with Crippen LogP contribution in [-0.4, -0.2) is 56.9 Å². The van der Waals surface area contributed by atoms with Crippen LogP contribution in [0.2, 0.25) is 0 Å². The molecule has 0 bridgehead atoms. The largest absolute Gasteiger partial charge is 0.343 e. The Morgan fingerprint density at radius 3 is 2.93 bits per heavy atom. The number of nitriles is 1. The first-order chi connectivity index (χ1) is 14.4. The second-order valence-corrected chi connectivity index (χ2v) is 6.95. The Morgan fingerprint density at radius 2 is 2.13 bits per heavy atom. The van der Waals surface area contributed by atoms with Gasteiger partial charge >= 0.3 is 0 Å². The number of hydrogen-bond donors (Lipinski definition) is 2. The number of aromatic nitrogens is 3. The van der Waals surface area contributed by atoms with Gasteiger partial charge in [-0.1, -0.05) is 18.2 Å². The number of carbonyl (C=O) groups is 2. The molecule has 1 aromatic carbocycles. The maximum absolute atomic E-state index is 13.5. The maximum atomic E-state index is 13.5. The first-order valence-corrected chi connectivity index (χ1v) is 9.12. The zero-order valence-corrected chi connectivity index (χ0v) is 15.6. The van der Waals surface area contributed by atoms with E-state index in [0.717, 1.165) is 15.8 Å². The van der Waals surface area contributed by atoms with Crippen LogP contribution in [0.25, 0.3) is 22.2 Å². The molecule has 0 saturated carbocycles. The highest BCUT2D eigenvalue weighted by atomic mass is 19.3. The molecule has 3 aromatic rings. The lowest BCUT2D eigenvalue weighted by Gasteiger charge is -2.19. The average molecular weight is 410 g/mol. The zero-order chi connectivity index (χ0) is 21.3. The van der Waals surface area contributed by atoms with Crippen LogP contribution < -0.4 is 5.32 Å². The van der Waals surface area contributed by atoms with Crippen molar-refractivity contribution in [2.75, 3.05) is 13.1 Å². The summed E-state index contributed by atoms with van der Waals surface area (Å²) in [5.74, 6) is -4.43. The van der Waals surface area contributed by atoms with Gasteiger partial charge in [0, 0.05) is 29.8 Å². The summed E-state index contributed by atoms with van der Waals surface area (Å²) in [5, 5.41) is 19.4. The number of halogens is 2. The number of pyridine rings is 1. The average Bonchev–Trinajstić information content (AvgIpc) is 3.32. The van der Waals surface area contributed by atoms with Gasteiger partial charge < -0.3 is 10.2 Å². The Hall–Kier alpha value is -3.87. The number of likely N-dealkylation sites (tertiary alicyclic amines) is 1. The van der Waals surface area contributed by atoms with Gasteiger partial charge in [0.25, 0.3) is 11.8 Å². The topological polar surface area (TPSA) is 115 Å². The van der Waals surface area contributed by atoms with Crippen molar-refractivity contribution in [2.45, 2.75) is 18.4 Å². The highest BCUT2D eigenvalue weighted by Crippen LogP contribution is 2.32. The van der Waals surface area contributed by atoms with E-state index in [1.54, 1.807) is 6.07 Å². The van der Waals surface area contributed by atoms with Crippen molar-refractivity contribution < 1.29 is 18.4 Å². The van der Waals surface area contributed by atoms with Crippen LogP contribution in [0.3, 0.4) is 0 Å². The number of nitrogens with one attached hydrogen (secondary N) is 2. The number of rotatable bonds is 4. The van der Waals surface area contributed by atoms with Gasteiger partial charge in [0.05, 0.1) is 30.2 Å². The van der Waals surface area contributed by atoms with Crippen LogP contribution in [0.15, 0.2) is 42.7 Å². The van der Waals surface area contributed by atoms with Crippen LogP contribution >= 0.6 is 0 Å². The molecule has 2 N–H and O–H groups in total. The number of aromatic amines is 1. The van der Waals surface area contributed by atoms with Crippen molar-refractivity contribution in [3.05, 3.63) is 48.3 Å². The van der Waals surface area contributed by atoms with E-state index in [4.69, 9.17) is 5.26 Å². The summed E-state index contributed by atoms with van der Waals surface area (Å²) < 4.78 is 27.1. The molecule has 10 heteroatoms. The van der Waals surface area contributed by atoms with E-state index in [-0.39, 0.29) is 5.56 Å². The number of nitrogens with zero attached hydrogens (tertiary/aromatic N) is 4. The minimum atomic E-state index is -3.11. The summed E-state index contributed by atoms with van der Waals surface area (Å²) in [5.41, 5.74) is 2.01. The SMILES string of the molecule is N#CC1CC(F)(F)CN1C(=O)CNC(=O)c1ccncc1-c1n[nH]c2ccccc12. The molecule has 0 radical (unpaired) electrons. The van der Waals surface area contributed by atoms with Crippen molar-refractivity contribution in [3.63, 3.8) is 0 Å². The molecule has 0 aliphatic carbocycles. The molecule has 30 heavy (non-hydrogen) atoms. The normalized spacial score (nSPS) is 17.6. The van der Waals surface area contributed by atoms with Crippen molar-refractivity contribution >= 4 is 22.7 Å². The monoisotopic (exact) mass is 410 g/mol. The summed E-state index contributed by atoms with van der Waals surface area (Å²) >= 11 is 0. The van der Waals surface area contributed by atoms with E-state index in [2.05, 4.69) is 20.5 Å². The van der Waals surface area contributed by atoms with E-state index >= 15 is 0 Å². The van der Waals surface area contributed by atoms with Crippen LogP contribution in [0, 0.1) is 11.3 Å². The minimum absolute atomic E-state index is 0.235. The van der Waals surface area contributed by atoms with Crippen LogP contribution in [0.1, 0.15) is 16.8 Å². The molecule has 3 heterocycles. The third kappa shape index (κ3) is 3.57. The number of alkyl halides is 2. The first-order valence-electron chi connectivity index (χ1n) is 9.12. The van der Waals surface area contributed by atoms with Crippen LogP contribution in [-0.2, 0) is 4.79 Å². The molecule has 0 spiro atoms. The molecule has 1 aliphatic rings. The third-order valence-corrected chi connectivity index (χ3v) is 4.93. The maximum Gasteiger partial charge on any atom is 0.268 e. The summed E-state index contributed by atoms with van der Waals surface area (Å²) in [4.78, 5) is 29.9. The molecule has 1 saturated heterocycles. The van der Waals surface area contributed by atoms with Gasteiger partial charge in [-0.2, -0.15) is 10.4 Å². The lowest BCUT2D eigenvalue weighted by molar-refractivity contribution is -0.131. The highest BCUT2D eigenvalue weighted by molar-refractivity contribution is 6.05. The predicted molar refractivity (Wildman–Crippen MR) is 102 cm³/mol. The number of carbonyl (C=O) groups excluding carboxylic acids is 2. The molecular formula is C20H16F2N6O2. The highest BCUT2D eigenvalue weighted by Gasteiger charge is 2.47. The summed E-state index contributed by atoms with van der Waals surface area (Å²) in [7, 11) is 0. The zero-order valence-electron chi connectivity index (χ0n) is 15.6. The van der Waals surface area contributed by atoms with Crippen molar-refractivity contribution in [2.24, 2.45) is 0 Å². The fraction of sp³-hybridized carbons (Fsp3) is 0.250. The second-order valence-electron chi connectivity index (χ2n) is 6.95. The molecule has 2 aromatic heterocycles. The molecule has 2 amide bonds. The lowest BCUT2D eigenvalue weighted by atomic mass is 10.0. The van der Waals surface area contributed by atoms with Crippen molar-refractivity contribution in [1.82, 2.24) is 25.4 Å². The first kappa shape index (κ1) is 19.4. The van der Waals surface area contributed by atoms with E-state index in [0.29, 0.717) is 11.3 Å². The number of amides is 2. The summed E-state index contributed by atoms with van der Waals surface area (Å²) in [6.07, 6.45) is 2.22. The number of benzene rings is 1. The standard InChI is InChI=1S/C20H16F2N6O2/c21-20(22)7-12(8-23)28(11-20)17(29)10-25-19(30)13-5-6-24-9-15(13)18-14-3-1-2-4-16(14)26-27-18/h1-6,9,12H,7,10-11H2,(H,25,30)(H,26,27). The number of hydrogen-bond acceptors (Lipinski definition) is 5. The summed E-state index contributed by atoms with van der Waals surface area (Å²) in [6, 6.07) is 9.37. The molecule has 1 unspecified atom stereocenters. The molecule has 1 fully saturated rings. The number of para-hydroxylation sites is 1. The molecule has 4 rings (SSSR count). The van der Waals surface area contributed by atoms with Gasteiger partial charge in [-0.05, 0) is 12.1 Å². The summed E-state index contributed by atoms with van der Waals surface area (Å²) in [6.45, 7) is -1.34. The molecule has 1 atom stereocenters. The molecule has 1 aliphatic heterocycles. The third-order valence-electron chi connectivity index (χ3n) is 4.93. The van der Waals surface area contributed by atoms with Gasteiger partial charge in [0.1, 0.15) is 11.7 Å². The molecule has 152 valence electrons. The van der Waals surface area contributed by atoms with E-state index in [9.17, 15) is 18.4 Å². The fourth-order valence-electron chi connectivity index (χ4n) is 3.50. The van der Waals surface area contributed by atoms with Crippen molar-refractivity contribution in [3.8, 4) is 17.3 Å². The Bertz CT molecular complexity index is 1170. The van der Waals surface area contributed by atoms with Gasteiger partial charge in [0.15, 0.2) is 0 Å². The minimum Gasteiger partial charge on any atom is -0.343 e. The van der Waals surface area contributed by atoms with Crippen molar-refractivity contribution in [1.29, 1.82) is 5.26 Å². The second kappa shape index (κ2) is 7.51. The van der Waals surface area contributed by atoms with Gasteiger partial charge in [0.2, 0.25) is 5.91 Å². The van der Waals surface area contributed by atoms with Crippen LogP contribution in [0.4, 0.5) is 8.78 Å². The van der Waals surface area contributed by atoms with E-state index in [1.165, 1.54) is 18.5 Å². The fourth-order valence-corrected chi connectivity index (χ4v) is 3.50. The Balaban J connectivity index is 1.53. The number of H-pyrrole nitrogens is 1. The van der Waals surface area contributed by atoms with Crippen LogP contribution in [0.5, 0.6) is 0 Å². The van der Waals surface area contributed by atoms with E-state index < -0.39 is 43.3 Å². The lowest BCUT2D eigenvalue weighted by Crippen LogP contribution is -2.43. The predicted octanol–water partition coefficient (Wildman–Crippen LogP) is 2.11. The Labute approximate surface area is 169 Å².